The van der Waals surface area contributed by atoms with Crippen molar-refractivity contribution in [3.8, 4) is 0 Å². The van der Waals surface area contributed by atoms with Gasteiger partial charge in [-0.1, -0.05) is 55.6 Å². The van der Waals surface area contributed by atoms with E-state index in [1.807, 2.05) is 0 Å². The van der Waals surface area contributed by atoms with Crippen molar-refractivity contribution in [3.63, 3.8) is 0 Å². The molecule has 0 aromatic heterocycles. The molecule has 0 aliphatic carbocycles. The van der Waals surface area contributed by atoms with E-state index in [1.165, 1.54) is 34.9 Å². The summed E-state index contributed by atoms with van der Waals surface area (Å²) >= 11 is 3.60. The van der Waals surface area contributed by atoms with Crippen LogP contribution in [0.3, 0.4) is 0 Å². The molecule has 0 heterocycles. The molecule has 1 unspecified atom stereocenters. The molecule has 1 aromatic rings. The minimum atomic E-state index is 0.482. The Morgan fingerprint density at radius 1 is 1.11 bits per heavy atom. The first-order valence-electron chi connectivity index (χ1n) is 7.11. The van der Waals surface area contributed by atoms with E-state index in [1.54, 1.807) is 0 Å². The highest BCUT2D eigenvalue weighted by Gasteiger charge is 2.15. The molecule has 1 rings (SSSR count). The molecule has 2 heteroatoms. The Balaban J connectivity index is 2.88. The second-order valence-corrected chi connectivity index (χ2v) is 6.01. The monoisotopic (exact) mass is 311 g/mol. The number of hydrogen-bond donors (Lipinski definition) is 1. The van der Waals surface area contributed by atoms with Crippen LogP contribution >= 0.6 is 15.9 Å². The van der Waals surface area contributed by atoms with Gasteiger partial charge < -0.3 is 5.32 Å². The predicted molar refractivity (Wildman–Crippen MR) is 84.0 cm³/mol. The fourth-order valence-electron chi connectivity index (χ4n) is 2.50. The Kier molecular flexibility index (Phi) is 6.95. The number of aryl methyl sites for hydroxylation is 1. The van der Waals surface area contributed by atoms with Gasteiger partial charge in [-0.15, -0.1) is 0 Å². The molecule has 0 saturated heterocycles. The highest BCUT2D eigenvalue weighted by molar-refractivity contribution is 9.10. The maximum atomic E-state index is 3.63. The summed E-state index contributed by atoms with van der Waals surface area (Å²) in [6, 6.07) is 7.21. The van der Waals surface area contributed by atoms with Gasteiger partial charge in [0.15, 0.2) is 0 Å². The van der Waals surface area contributed by atoms with Crippen molar-refractivity contribution < 1.29 is 0 Å². The van der Waals surface area contributed by atoms with Crippen LogP contribution in [0.15, 0.2) is 22.7 Å². The molecule has 0 amide bonds. The van der Waals surface area contributed by atoms with Gasteiger partial charge >= 0.3 is 0 Å². The molecule has 1 nitrogen and oxygen atoms in total. The van der Waals surface area contributed by atoms with Crippen LogP contribution in [0, 0.1) is 12.8 Å². The van der Waals surface area contributed by atoms with Crippen LogP contribution in [0.4, 0.5) is 0 Å². The van der Waals surface area contributed by atoms with Crippen LogP contribution in [0.25, 0.3) is 0 Å². The van der Waals surface area contributed by atoms with Gasteiger partial charge in [-0.2, -0.15) is 0 Å². The largest absolute Gasteiger partial charge is 0.310 e. The number of nitrogens with one attached hydrogen (secondary N) is 1. The highest BCUT2D eigenvalue weighted by atomic mass is 79.9. The molecule has 0 spiro atoms. The van der Waals surface area contributed by atoms with Gasteiger partial charge in [-0.05, 0) is 49.1 Å². The molecule has 0 bridgehead atoms. The fourth-order valence-corrected chi connectivity index (χ4v) is 3.13. The van der Waals surface area contributed by atoms with Gasteiger partial charge in [0.05, 0.1) is 0 Å². The Morgan fingerprint density at radius 2 is 1.78 bits per heavy atom. The third kappa shape index (κ3) is 4.74. The maximum Gasteiger partial charge on any atom is 0.0323 e. The zero-order valence-electron chi connectivity index (χ0n) is 12.1. The van der Waals surface area contributed by atoms with Gasteiger partial charge in [0.1, 0.15) is 0 Å². The first kappa shape index (κ1) is 15.7. The third-order valence-electron chi connectivity index (χ3n) is 3.64. The Labute approximate surface area is 120 Å². The average molecular weight is 312 g/mol. The summed E-state index contributed by atoms with van der Waals surface area (Å²) in [5, 5.41) is 3.63. The van der Waals surface area contributed by atoms with Crippen molar-refractivity contribution in [2.45, 2.75) is 53.0 Å². The number of hydrogen-bond acceptors (Lipinski definition) is 1. The summed E-state index contributed by atoms with van der Waals surface area (Å²) in [5.74, 6) is 0.813. The summed E-state index contributed by atoms with van der Waals surface area (Å²) in [6.45, 7) is 9.96. The third-order valence-corrected chi connectivity index (χ3v) is 4.10. The molecule has 0 saturated carbocycles. The molecule has 0 fully saturated rings. The summed E-state index contributed by atoms with van der Waals surface area (Å²) in [6.07, 6.45) is 3.77. The van der Waals surface area contributed by atoms with Crippen molar-refractivity contribution in [1.29, 1.82) is 0 Å². The SMILES string of the molecule is CCNC(CC(CC)CC)c1cc(C)cc(Br)c1. The number of rotatable bonds is 7. The molecule has 1 aromatic carbocycles. The molecule has 18 heavy (non-hydrogen) atoms. The lowest BCUT2D eigenvalue weighted by molar-refractivity contribution is 0.375. The second kappa shape index (κ2) is 7.96. The first-order chi connectivity index (χ1) is 8.60. The van der Waals surface area contributed by atoms with E-state index in [9.17, 15) is 0 Å². The van der Waals surface area contributed by atoms with Crippen molar-refractivity contribution in [2.75, 3.05) is 6.54 Å². The lowest BCUT2D eigenvalue weighted by atomic mass is 9.90. The first-order valence-corrected chi connectivity index (χ1v) is 7.90. The lowest BCUT2D eigenvalue weighted by Gasteiger charge is -2.23. The molecule has 1 atom stereocenters. The fraction of sp³-hybridized carbons (Fsp3) is 0.625. The molecule has 0 aliphatic rings. The molecular weight excluding hydrogens is 286 g/mol. The highest BCUT2D eigenvalue weighted by Crippen LogP contribution is 2.28. The zero-order chi connectivity index (χ0) is 13.5. The predicted octanol–water partition coefficient (Wildman–Crippen LogP) is 5.23. The van der Waals surface area contributed by atoms with Gasteiger partial charge in [0.2, 0.25) is 0 Å². The standard InChI is InChI=1S/C16H26BrN/c1-5-13(6-2)10-16(18-7-3)14-8-12(4)9-15(17)11-14/h8-9,11,13,16,18H,5-7,10H2,1-4H3. The van der Waals surface area contributed by atoms with E-state index >= 15 is 0 Å². The molecule has 0 aliphatic heterocycles. The summed E-state index contributed by atoms with van der Waals surface area (Å²) in [7, 11) is 0. The van der Waals surface area contributed by atoms with Gasteiger partial charge in [-0.3, -0.25) is 0 Å². The van der Waals surface area contributed by atoms with E-state index in [0.29, 0.717) is 6.04 Å². The van der Waals surface area contributed by atoms with Crippen LogP contribution in [0.1, 0.15) is 57.2 Å². The Morgan fingerprint density at radius 3 is 2.28 bits per heavy atom. The minimum Gasteiger partial charge on any atom is -0.310 e. The topological polar surface area (TPSA) is 12.0 Å². The zero-order valence-corrected chi connectivity index (χ0v) is 13.7. The Hall–Kier alpha value is -0.340. The van der Waals surface area contributed by atoms with E-state index in [2.05, 4.69) is 67.1 Å². The average Bonchev–Trinajstić information content (AvgIpc) is 2.33. The minimum absolute atomic E-state index is 0.482. The summed E-state index contributed by atoms with van der Waals surface area (Å²) < 4.78 is 1.19. The molecular formula is C16H26BrN. The molecule has 0 radical (unpaired) electrons. The van der Waals surface area contributed by atoms with Crippen LogP contribution in [-0.2, 0) is 0 Å². The van der Waals surface area contributed by atoms with Crippen molar-refractivity contribution in [1.82, 2.24) is 5.32 Å². The lowest BCUT2D eigenvalue weighted by Crippen LogP contribution is -2.23. The van der Waals surface area contributed by atoms with Crippen molar-refractivity contribution in [2.24, 2.45) is 5.92 Å². The van der Waals surface area contributed by atoms with E-state index < -0.39 is 0 Å². The Bertz CT molecular complexity index is 338. The van der Waals surface area contributed by atoms with E-state index in [0.717, 1.165) is 12.5 Å². The van der Waals surface area contributed by atoms with E-state index in [-0.39, 0.29) is 0 Å². The summed E-state index contributed by atoms with van der Waals surface area (Å²) in [5.41, 5.74) is 2.74. The number of benzene rings is 1. The quantitative estimate of drug-likeness (QED) is 0.726. The van der Waals surface area contributed by atoms with Gasteiger partial charge in [0.25, 0.3) is 0 Å². The molecule has 102 valence electrons. The second-order valence-electron chi connectivity index (χ2n) is 5.09. The van der Waals surface area contributed by atoms with Crippen molar-refractivity contribution >= 4 is 15.9 Å². The van der Waals surface area contributed by atoms with Crippen LogP contribution in [-0.4, -0.2) is 6.54 Å². The van der Waals surface area contributed by atoms with Crippen LogP contribution < -0.4 is 5.32 Å². The van der Waals surface area contributed by atoms with Gasteiger partial charge in [0, 0.05) is 10.5 Å². The number of halogens is 1. The van der Waals surface area contributed by atoms with Crippen LogP contribution in [0.2, 0.25) is 0 Å². The normalized spacial score (nSPS) is 13.0. The summed E-state index contributed by atoms with van der Waals surface area (Å²) in [4.78, 5) is 0. The molecule has 1 N–H and O–H groups in total. The van der Waals surface area contributed by atoms with Gasteiger partial charge in [-0.25, -0.2) is 0 Å². The van der Waals surface area contributed by atoms with E-state index in [4.69, 9.17) is 0 Å². The van der Waals surface area contributed by atoms with Crippen molar-refractivity contribution in [3.05, 3.63) is 33.8 Å². The van der Waals surface area contributed by atoms with Crippen LogP contribution in [0.5, 0.6) is 0 Å². The maximum absolute atomic E-state index is 3.63. The smallest absolute Gasteiger partial charge is 0.0323 e.